The fourth-order valence-electron chi connectivity index (χ4n) is 1.83. The summed E-state index contributed by atoms with van der Waals surface area (Å²) < 4.78 is 59.9. The lowest BCUT2D eigenvalue weighted by Crippen LogP contribution is -2.48. The van der Waals surface area contributed by atoms with Crippen LogP contribution >= 0.6 is 24.0 Å². The van der Waals surface area contributed by atoms with E-state index in [0.29, 0.717) is 18.9 Å². The molecule has 0 unspecified atom stereocenters. The van der Waals surface area contributed by atoms with E-state index in [0.717, 1.165) is 17.7 Å². The standard InChI is InChI=1S/C16H24F3N3O2S.HI/c1-15(2,25(4,23)24)11-22-14(20-3)21-10-9-12-5-7-13(8-6-12)16(17,18)19;/h5-8H,9-11H2,1-4H3,(H2,20,21,22);1H. The average molecular weight is 507 g/mol. The third-order valence-electron chi connectivity index (χ3n) is 3.90. The van der Waals surface area contributed by atoms with Crippen molar-refractivity contribution in [2.75, 3.05) is 26.4 Å². The first-order valence-electron chi connectivity index (χ1n) is 7.67. The van der Waals surface area contributed by atoms with Gasteiger partial charge < -0.3 is 10.6 Å². The summed E-state index contributed by atoms with van der Waals surface area (Å²) in [4.78, 5) is 4.00. The summed E-state index contributed by atoms with van der Waals surface area (Å²) in [6.07, 6.45) is -2.65. The lowest BCUT2D eigenvalue weighted by molar-refractivity contribution is -0.137. The van der Waals surface area contributed by atoms with E-state index in [2.05, 4.69) is 15.6 Å². The van der Waals surface area contributed by atoms with Gasteiger partial charge in [0.15, 0.2) is 15.8 Å². The number of guanidine groups is 1. The molecule has 1 aromatic rings. The number of sulfone groups is 1. The lowest BCUT2D eigenvalue weighted by atomic mass is 10.1. The van der Waals surface area contributed by atoms with Crippen LogP contribution in [0.4, 0.5) is 13.2 Å². The highest BCUT2D eigenvalue weighted by Crippen LogP contribution is 2.29. The van der Waals surface area contributed by atoms with E-state index in [4.69, 9.17) is 0 Å². The molecular weight excluding hydrogens is 482 g/mol. The van der Waals surface area contributed by atoms with Crippen molar-refractivity contribution in [1.82, 2.24) is 10.6 Å². The summed E-state index contributed by atoms with van der Waals surface area (Å²) in [6, 6.07) is 4.98. The van der Waals surface area contributed by atoms with Crippen LogP contribution in [0.5, 0.6) is 0 Å². The Hall–Kier alpha value is -1.04. The molecule has 0 bridgehead atoms. The van der Waals surface area contributed by atoms with Crippen molar-refractivity contribution in [2.24, 2.45) is 4.99 Å². The Labute approximate surface area is 169 Å². The molecule has 0 heterocycles. The maximum atomic E-state index is 12.5. The van der Waals surface area contributed by atoms with Gasteiger partial charge in [0.1, 0.15) is 0 Å². The number of alkyl halides is 3. The average Bonchev–Trinajstić information content (AvgIpc) is 2.49. The van der Waals surface area contributed by atoms with Gasteiger partial charge in [0.25, 0.3) is 0 Å². The van der Waals surface area contributed by atoms with Crippen LogP contribution in [0, 0.1) is 0 Å². The molecule has 0 saturated carbocycles. The molecule has 150 valence electrons. The summed E-state index contributed by atoms with van der Waals surface area (Å²) >= 11 is 0. The van der Waals surface area contributed by atoms with Crippen LogP contribution in [0.25, 0.3) is 0 Å². The monoisotopic (exact) mass is 507 g/mol. The molecule has 0 fully saturated rings. The minimum Gasteiger partial charge on any atom is -0.356 e. The maximum absolute atomic E-state index is 12.5. The number of hydrogen-bond donors (Lipinski definition) is 2. The van der Waals surface area contributed by atoms with Gasteiger partial charge in [-0.2, -0.15) is 13.2 Å². The Balaban J connectivity index is 0.00000625. The van der Waals surface area contributed by atoms with Gasteiger partial charge in [-0.05, 0) is 38.0 Å². The quantitative estimate of drug-likeness (QED) is 0.353. The zero-order chi connectivity index (χ0) is 19.3. The smallest absolute Gasteiger partial charge is 0.356 e. The Morgan fingerprint density at radius 2 is 1.65 bits per heavy atom. The van der Waals surface area contributed by atoms with Crippen molar-refractivity contribution >= 4 is 39.8 Å². The fourth-order valence-corrected chi connectivity index (χ4v) is 2.17. The van der Waals surface area contributed by atoms with E-state index < -0.39 is 26.3 Å². The van der Waals surface area contributed by atoms with Gasteiger partial charge in [0.05, 0.1) is 10.3 Å². The number of benzene rings is 1. The second kappa shape index (κ2) is 9.77. The molecule has 1 aromatic carbocycles. The Bertz CT molecular complexity index is 702. The van der Waals surface area contributed by atoms with Crippen molar-refractivity contribution in [2.45, 2.75) is 31.2 Å². The summed E-state index contributed by atoms with van der Waals surface area (Å²) in [5.74, 6) is 0.434. The molecule has 0 aliphatic rings. The third kappa shape index (κ3) is 7.68. The third-order valence-corrected chi connectivity index (χ3v) is 6.05. The molecule has 0 aliphatic carbocycles. The topological polar surface area (TPSA) is 70.6 Å². The number of nitrogens with zero attached hydrogens (tertiary/aromatic N) is 1. The molecule has 0 aromatic heterocycles. The van der Waals surface area contributed by atoms with Crippen LogP contribution in [0.3, 0.4) is 0 Å². The molecule has 1 rings (SSSR count). The largest absolute Gasteiger partial charge is 0.416 e. The van der Waals surface area contributed by atoms with Crippen molar-refractivity contribution in [3.63, 3.8) is 0 Å². The van der Waals surface area contributed by atoms with Gasteiger partial charge in [-0.3, -0.25) is 4.99 Å². The van der Waals surface area contributed by atoms with Crippen molar-refractivity contribution < 1.29 is 21.6 Å². The Morgan fingerprint density at radius 1 is 1.12 bits per heavy atom. The van der Waals surface area contributed by atoms with Gasteiger partial charge in [-0.25, -0.2) is 8.42 Å². The molecule has 0 radical (unpaired) electrons. The molecule has 5 nitrogen and oxygen atoms in total. The molecule has 0 atom stereocenters. The van der Waals surface area contributed by atoms with E-state index in [1.165, 1.54) is 18.4 Å². The molecule has 0 aliphatic heterocycles. The number of nitrogens with one attached hydrogen (secondary N) is 2. The zero-order valence-electron chi connectivity index (χ0n) is 15.1. The minimum atomic E-state index is -4.34. The highest BCUT2D eigenvalue weighted by atomic mass is 127. The van der Waals surface area contributed by atoms with E-state index in [9.17, 15) is 21.6 Å². The van der Waals surface area contributed by atoms with Gasteiger partial charge in [0, 0.05) is 26.4 Å². The molecule has 0 spiro atoms. The van der Waals surface area contributed by atoms with Crippen LogP contribution in [0.15, 0.2) is 29.3 Å². The highest BCUT2D eigenvalue weighted by molar-refractivity contribution is 14.0. The van der Waals surface area contributed by atoms with Gasteiger partial charge >= 0.3 is 6.18 Å². The van der Waals surface area contributed by atoms with E-state index in [1.807, 2.05) is 0 Å². The SMILES string of the molecule is CN=C(NCCc1ccc(C(F)(F)F)cc1)NCC(C)(C)S(C)(=O)=O.I. The number of rotatable bonds is 6. The summed E-state index contributed by atoms with van der Waals surface area (Å²) in [6.45, 7) is 3.87. The lowest BCUT2D eigenvalue weighted by Gasteiger charge is -2.24. The van der Waals surface area contributed by atoms with Gasteiger partial charge in [0.2, 0.25) is 0 Å². The number of aliphatic imine (C=N–C) groups is 1. The minimum absolute atomic E-state index is 0. The maximum Gasteiger partial charge on any atom is 0.416 e. The first kappa shape index (κ1) is 25.0. The molecular formula is C16H25F3IN3O2S. The molecule has 26 heavy (non-hydrogen) atoms. The summed E-state index contributed by atoms with van der Waals surface area (Å²) in [5, 5.41) is 5.95. The van der Waals surface area contributed by atoms with Crippen molar-refractivity contribution in [1.29, 1.82) is 0 Å². The zero-order valence-corrected chi connectivity index (χ0v) is 18.3. The first-order chi connectivity index (χ1) is 11.4. The Kier molecular flexibility index (Phi) is 9.38. The second-order valence-corrected chi connectivity index (χ2v) is 8.98. The predicted molar refractivity (Wildman–Crippen MR) is 109 cm³/mol. The van der Waals surface area contributed by atoms with Gasteiger partial charge in [-0.15, -0.1) is 24.0 Å². The van der Waals surface area contributed by atoms with Crippen LogP contribution < -0.4 is 10.6 Å². The normalized spacial score (nSPS) is 13.1. The van der Waals surface area contributed by atoms with Gasteiger partial charge in [-0.1, -0.05) is 12.1 Å². The van der Waals surface area contributed by atoms with Crippen molar-refractivity contribution in [3.8, 4) is 0 Å². The van der Waals surface area contributed by atoms with E-state index in [1.54, 1.807) is 20.9 Å². The molecule has 10 heteroatoms. The summed E-state index contributed by atoms with van der Waals surface area (Å²) in [7, 11) is -1.67. The van der Waals surface area contributed by atoms with E-state index in [-0.39, 0.29) is 30.5 Å². The first-order valence-corrected chi connectivity index (χ1v) is 9.56. The molecule has 2 N–H and O–H groups in total. The fraction of sp³-hybridized carbons (Fsp3) is 0.562. The van der Waals surface area contributed by atoms with Crippen LogP contribution in [-0.4, -0.2) is 45.5 Å². The predicted octanol–water partition coefficient (Wildman–Crippen LogP) is 2.85. The highest BCUT2D eigenvalue weighted by Gasteiger charge is 2.30. The Morgan fingerprint density at radius 3 is 2.08 bits per heavy atom. The summed E-state index contributed by atoms with van der Waals surface area (Å²) in [5.41, 5.74) is 0.0807. The number of hydrogen-bond acceptors (Lipinski definition) is 3. The second-order valence-electron chi connectivity index (χ2n) is 6.33. The molecule has 0 saturated heterocycles. The van der Waals surface area contributed by atoms with Crippen LogP contribution in [0.2, 0.25) is 0 Å². The van der Waals surface area contributed by atoms with Crippen molar-refractivity contribution in [3.05, 3.63) is 35.4 Å². The molecule has 0 amide bonds. The van der Waals surface area contributed by atoms with Crippen LogP contribution in [-0.2, 0) is 22.4 Å². The van der Waals surface area contributed by atoms with Crippen LogP contribution in [0.1, 0.15) is 25.0 Å². The number of halogens is 4. The van der Waals surface area contributed by atoms with E-state index >= 15 is 0 Å².